The Morgan fingerprint density at radius 1 is 1.43 bits per heavy atom. The van der Waals surface area contributed by atoms with E-state index in [2.05, 4.69) is 19.2 Å². The van der Waals surface area contributed by atoms with E-state index in [1.54, 1.807) is 10.4 Å². The number of hydrogen-bond donors (Lipinski definition) is 1. The van der Waals surface area contributed by atoms with Crippen molar-refractivity contribution in [3.8, 4) is 0 Å². The molecule has 5 nitrogen and oxygen atoms in total. The van der Waals surface area contributed by atoms with Gasteiger partial charge in [-0.15, -0.1) is 11.3 Å². The zero-order valence-electron chi connectivity index (χ0n) is 13.0. The molecule has 7 heteroatoms. The third-order valence-electron chi connectivity index (χ3n) is 3.44. The van der Waals surface area contributed by atoms with E-state index in [9.17, 15) is 8.42 Å². The van der Waals surface area contributed by atoms with Crippen molar-refractivity contribution in [3.05, 3.63) is 17.0 Å². The summed E-state index contributed by atoms with van der Waals surface area (Å²) in [7, 11) is -3.42. The normalized spacial score (nSPS) is 24.6. The van der Waals surface area contributed by atoms with Crippen molar-refractivity contribution >= 4 is 21.4 Å². The Balaban J connectivity index is 2.15. The second-order valence-electron chi connectivity index (χ2n) is 5.82. The summed E-state index contributed by atoms with van der Waals surface area (Å²) in [5.41, 5.74) is 0. The summed E-state index contributed by atoms with van der Waals surface area (Å²) < 4.78 is 33.0. The number of thiophene rings is 1. The van der Waals surface area contributed by atoms with Gasteiger partial charge >= 0.3 is 0 Å². The van der Waals surface area contributed by atoms with Gasteiger partial charge in [0.25, 0.3) is 10.0 Å². The monoisotopic (exact) mass is 332 g/mol. The van der Waals surface area contributed by atoms with Crippen LogP contribution in [0.1, 0.15) is 32.6 Å². The Morgan fingerprint density at radius 2 is 2.14 bits per heavy atom. The lowest BCUT2D eigenvalue weighted by molar-refractivity contribution is -0.0170. The number of hydrogen-bond acceptors (Lipinski definition) is 5. The van der Waals surface area contributed by atoms with E-state index in [4.69, 9.17) is 4.74 Å². The van der Waals surface area contributed by atoms with Crippen LogP contribution in [-0.4, -0.2) is 44.1 Å². The maximum absolute atomic E-state index is 12.8. The quantitative estimate of drug-likeness (QED) is 0.896. The highest BCUT2D eigenvalue weighted by Crippen LogP contribution is 2.28. The summed E-state index contributed by atoms with van der Waals surface area (Å²) in [5.74, 6) is 0. The standard InChI is InChI=1S/C14H24N2O3S2/c1-10(2)15-7-13-5-6-14(20-13)21(17,18)16-8-12(4)19-9-11(16)3/h5-6,10-12,15H,7-9H2,1-4H3. The van der Waals surface area contributed by atoms with Crippen molar-refractivity contribution < 1.29 is 13.2 Å². The number of rotatable bonds is 5. The fourth-order valence-electron chi connectivity index (χ4n) is 2.22. The number of nitrogens with one attached hydrogen (secondary N) is 1. The van der Waals surface area contributed by atoms with Crippen molar-refractivity contribution in [1.82, 2.24) is 9.62 Å². The average Bonchev–Trinajstić information content (AvgIpc) is 2.88. The number of sulfonamides is 1. The SMILES string of the molecule is CC(C)NCc1ccc(S(=O)(=O)N2CC(C)OCC2C)s1. The summed E-state index contributed by atoms with van der Waals surface area (Å²) >= 11 is 1.35. The highest BCUT2D eigenvalue weighted by molar-refractivity contribution is 7.91. The third-order valence-corrected chi connectivity index (χ3v) is 6.97. The van der Waals surface area contributed by atoms with E-state index in [0.29, 0.717) is 29.9 Å². The Hall–Kier alpha value is -0.470. The maximum atomic E-state index is 12.8. The van der Waals surface area contributed by atoms with E-state index in [0.717, 1.165) is 4.88 Å². The summed E-state index contributed by atoms with van der Waals surface area (Å²) in [4.78, 5) is 1.04. The molecule has 2 atom stereocenters. The molecule has 21 heavy (non-hydrogen) atoms. The largest absolute Gasteiger partial charge is 0.375 e. The first-order valence-corrected chi connectivity index (χ1v) is 9.52. The minimum absolute atomic E-state index is 0.0574. The molecule has 1 aromatic rings. The van der Waals surface area contributed by atoms with Gasteiger partial charge in [0.05, 0.1) is 12.7 Å². The van der Waals surface area contributed by atoms with Crippen molar-refractivity contribution in [1.29, 1.82) is 0 Å². The van der Waals surface area contributed by atoms with Gasteiger partial charge in [-0.3, -0.25) is 0 Å². The molecular weight excluding hydrogens is 308 g/mol. The first kappa shape index (κ1) is 16.9. The second-order valence-corrected chi connectivity index (χ2v) is 9.11. The van der Waals surface area contributed by atoms with Gasteiger partial charge in [0.15, 0.2) is 0 Å². The molecule has 1 aliphatic heterocycles. The molecule has 0 radical (unpaired) electrons. The van der Waals surface area contributed by atoms with E-state index < -0.39 is 10.0 Å². The molecule has 2 rings (SSSR count). The number of nitrogens with zero attached hydrogens (tertiary/aromatic N) is 1. The van der Waals surface area contributed by atoms with Crippen molar-refractivity contribution in [2.45, 2.75) is 56.6 Å². The third kappa shape index (κ3) is 4.04. The van der Waals surface area contributed by atoms with Crippen molar-refractivity contribution in [3.63, 3.8) is 0 Å². The van der Waals surface area contributed by atoms with Crippen molar-refractivity contribution in [2.24, 2.45) is 0 Å². The lowest BCUT2D eigenvalue weighted by atomic mass is 10.2. The van der Waals surface area contributed by atoms with E-state index in [1.807, 2.05) is 19.9 Å². The summed E-state index contributed by atoms with van der Waals surface area (Å²) in [5, 5.41) is 3.30. The second kappa shape index (κ2) is 6.75. The zero-order valence-corrected chi connectivity index (χ0v) is 14.6. The summed E-state index contributed by atoms with van der Waals surface area (Å²) in [6, 6.07) is 3.86. The molecule has 2 heterocycles. The van der Waals surface area contributed by atoms with Gasteiger partial charge in [-0.25, -0.2) is 8.42 Å². The van der Waals surface area contributed by atoms with Gasteiger partial charge in [0, 0.05) is 30.1 Å². The zero-order chi connectivity index (χ0) is 15.6. The first-order chi connectivity index (χ1) is 9.80. The summed E-state index contributed by atoms with van der Waals surface area (Å²) in [6.07, 6.45) is -0.0574. The fourth-order valence-corrected chi connectivity index (χ4v) is 5.35. The molecule has 0 bridgehead atoms. The van der Waals surface area contributed by atoms with Crippen LogP contribution in [0.3, 0.4) is 0 Å². The molecule has 1 aliphatic rings. The Bertz CT molecular complexity index is 569. The van der Waals surface area contributed by atoms with E-state index >= 15 is 0 Å². The molecule has 0 aromatic carbocycles. The van der Waals surface area contributed by atoms with E-state index in [1.165, 1.54) is 11.3 Å². The van der Waals surface area contributed by atoms with Gasteiger partial charge in [0.1, 0.15) is 4.21 Å². The lowest BCUT2D eigenvalue weighted by Crippen LogP contribution is -2.49. The van der Waals surface area contributed by atoms with Crippen LogP contribution in [-0.2, 0) is 21.3 Å². The lowest BCUT2D eigenvalue weighted by Gasteiger charge is -2.35. The van der Waals surface area contributed by atoms with Gasteiger partial charge < -0.3 is 10.1 Å². The van der Waals surface area contributed by atoms with Crippen LogP contribution in [0.5, 0.6) is 0 Å². The molecule has 2 unspecified atom stereocenters. The Morgan fingerprint density at radius 3 is 2.81 bits per heavy atom. The first-order valence-electron chi connectivity index (χ1n) is 7.26. The summed E-state index contributed by atoms with van der Waals surface area (Å²) in [6.45, 7) is 9.50. The van der Waals surface area contributed by atoms with Crippen LogP contribution in [0.15, 0.2) is 16.3 Å². The average molecular weight is 332 g/mol. The Kier molecular flexibility index (Phi) is 5.43. The van der Waals surface area contributed by atoms with Gasteiger partial charge in [-0.05, 0) is 26.0 Å². The molecular formula is C14H24N2O3S2. The Labute approximate surface area is 131 Å². The van der Waals surface area contributed by atoms with Crippen LogP contribution in [0.25, 0.3) is 0 Å². The highest BCUT2D eigenvalue weighted by atomic mass is 32.2. The smallest absolute Gasteiger partial charge is 0.252 e. The number of morpholine rings is 1. The molecule has 1 saturated heterocycles. The maximum Gasteiger partial charge on any atom is 0.252 e. The predicted octanol–water partition coefficient (Wildman–Crippen LogP) is 2.04. The van der Waals surface area contributed by atoms with Crippen LogP contribution >= 0.6 is 11.3 Å². The van der Waals surface area contributed by atoms with Crippen LogP contribution in [0, 0.1) is 0 Å². The topological polar surface area (TPSA) is 58.6 Å². The molecule has 0 spiro atoms. The molecule has 1 N–H and O–H groups in total. The highest BCUT2D eigenvalue weighted by Gasteiger charge is 2.34. The van der Waals surface area contributed by atoms with E-state index in [-0.39, 0.29) is 12.1 Å². The number of ether oxygens (including phenoxy) is 1. The molecule has 0 amide bonds. The molecule has 1 aromatic heterocycles. The van der Waals surface area contributed by atoms with Gasteiger partial charge in [0.2, 0.25) is 0 Å². The molecule has 120 valence electrons. The minimum atomic E-state index is -3.42. The van der Waals surface area contributed by atoms with Crippen LogP contribution in [0.2, 0.25) is 0 Å². The molecule has 1 fully saturated rings. The van der Waals surface area contributed by atoms with Gasteiger partial charge in [-0.2, -0.15) is 4.31 Å². The fraction of sp³-hybridized carbons (Fsp3) is 0.714. The van der Waals surface area contributed by atoms with Gasteiger partial charge in [-0.1, -0.05) is 13.8 Å². The minimum Gasteiger partial charge on any atom is -0.375 e. The molecule has 0 saturated carbocycles. The van der Waals surface area contributed by atoms with Crippen LogP contribution < -0.4 is 5.32 Å². The van der Waals surface area contributed by atoms with Crippen LogP contribution in [0.4, 0.5) is 0 Å². The predicted molar refractivity (Wildman–Crippen MR) is 85.1 cm³/mol. The van der Waals surface area contributed by atoms with Crippen molar-refractivity contribution in [2.75, 3.05) is 13.2 Å². The molecule has 0 aliphatic carbocycles.